The van der Waals surface area contributed by atoms with Gasteiger partial charge in [0.1, 0.15) is 5.69 Å². The van der Waals surface area contributed by atoms with E-state index in [1.807, 2.05) is 12.1 Å². The van der Waals surface area contributed by atoms with Gasteiger partial charge in [0.15, 0.2) is 0 Å². The normalized spacial score (nSPS) is 14.9. The third kappa shape index (κ3) is 2.52. The zero-order valence-electron chi connectivity index (χ0n) is 9.52. The van der Waals surface area contributed by atoms with E-state index in [2.05, 4.69) is 9.89 Å². The summed E-state index contributed by atoms with van der Waals surface area (Å²) in [6.45, 7) is 1.96. The molecule has 1 heterocycles. The van der Waals surface area contributed by atoms with Gasteiger partial charge >= 0.3 is 0 Å². The first kappa shape index (κ1) is 11.4. The molecular formula is C13H13N3O. The first-order valence-electron chi connectivity index (χ1n) is 5.72. The fourth-order valence-electron chi connectivity index (χ4n) is 2.13. The molecule has 0 unspecified atom stereocenters. The van der Waals surface area contributed by atoms with Crippen molar-refractivity contribution in [2.75, 3.05) is 18.0 Å². The number of nitriles is 1. The number of rotatable bonds is 2. The zero-order chi connectivity index (χ0) is 12.1. The van der Waals surface area contributed by atoms with Crippen molar-refractivity contribution < 1.29 is 4.79 Å². The Morgan fingerprint density at radius 3 is 2.65 bits per heavy atom. The standard InChI is InChI=1S/C13H13N3O/c14-9-11-4-5-13(12(8-11)15-10-17)16-6-2-1-3-7-16/h4-5,8H,1-3,6-7H2. The van der Waals surface area contributed by atoms with Gasteiger partial charge in [0.2, 0.25) is 6.08 Å². The van der Waals surface area contributed by atoms with Crippen LogP contribution in [0.25, 0.3) is 0 Å². The molecule has 1 aliphatic rings. The molecule has 4 heteroatoms. The van der Waals surface area contributed by atoms with Gasteiger partial charge in [-0.15, -0.1) is 0 Å². The van der Waals surface area contributed by atoms with Crippen molar-refractivity contribution in [3.8, 4) is 6.07 Å². The monoisotopic (exact) mass is 227 g/mol. The van der Waals surface area contributed by atoms with Gasteiger partial charge in [-0.3, -0.25) is 0 Å². The van der Waals surface area contributed by atoms with Gasteiger partial charge in [-0.25, -0.2) is 4.79 Å². The van der Waals surface area contributed by atoms with Crippen molar-refractivity contribution in [3.05, 3.63) is 23.8 Å². The second-order valence-corrected chi connectivity index (χ2v) is 4.07. The van der Waals surface area contributed by atoms with E-state index in [1.54, 1.807) is 18.2 Å². The number of piperidine rings is 1. The van der Waals surface area contributed by atoms with E-state index in [1.165, 1.54) is 6.42 Å². The van der Waals surface area contributed by atoms with Crippen LogP contribution < -0.4 is 4.90 Å². The molecule has 1 aromatic carbocycles. The molecule has 1 aromatic rings. The predicted molar refractivity (Wildman–Crippen MR) is 65.0 cm³/mol. The molecule has 0 saturated carbocycles. The van der Waals surface area contributed by atoms with Crippen LogP contribution in [0, 0.1) is 11.3 Å². The molecule has 1 fully saturated rings. The van der Waals surface area contributed by atoms with Gasteiger partial charge in [-0.2, -0.15) is 10.3 Å². The minimum atomic E-state index is 0.514. The summed E-state index contributed by atoms with van der Waals surface area (Å²) in [5.74, 6) is 0. The van der Waals surface area contributed by atoms with E-state index in [-0.39, 0.29) is 0 Å². The van der Waals surface area contributed by atoms with Crippen LogP contribution in [-0.2, 0) is 4.79 Å². The molecule has 0 N–H and O–H groups in total. The van der Waals surface area contributed by atoms with Crippen molar-refractivity contribution in [2.45, 2.75) is 19.3 Å². The summed E-state index contributed by atoms with van der Waals surface area (Å²) in [6.07, 6.45) is 5.12. The molecule has 0 aromatic heterocycles. The molecule has 0 atom stereocenters. The van der Waals surface area contributed by atoms with E-state index in [4.69, 9.17) is 5.26 Å². The minimum Gasteiger partial charge on any atom is -0.370 e. The zero-order valence-corrected chi connectivity index (χ0v) is 9.52. The van der Waals surface area contributed by atoms with Crippen LogP contribution in [0.1, 0.15) is 24.8 Å². The molecule has 0 amide bonds. The van der Waals surface area contributed by atoms with Crippen LogP contribution in [0.5, 0.6) is 0 Å². The number of hydrogen-bond donors (Lipinski definition) is 0. The second kappa shape index (κ2) is 5.29. The molecule has 2 rings (SSSR count). The maximum Gasteiger partial charge on any atom is 0.240 e. The summed E-state index contributed by atoms with van der Waals surface area (Å²) in [4.78, 5) is 16.3. The lowest BCUT2D eigenvalue weighted by Gasteiger charge is -2.29. The Balaban J connectivity index is 2.38. The van der Waals surface area contributed by atoms with Crippen molar-refractivity contribution in [3.63, 3.8) is 0 Å². The summed E-state index contributed by atoms with van der Waals surface area (Å²) >= 11 is 0. The summed E-state index contributed by atoms with van der Waals surface area (Å²) in [5.41, 5.74) is 1.98. The summed E-state index contributed by atoms with van der Waals surface area (Å²) in [5, 5.41) is 8.83. The first-order valence-corrected chi connectivity index (χ1v) is 5.72. The molecule has 1 saturated heterocycles. The highest BCUT2D eigenvalue weighted by molar-refractivity contribution is 5.71. The lowest BCUT2D eigenvalue weighted by Crippen LogP contribution is -2.29. The second-order valence-electron chi connectivity index (χ2n) is 4.07. The molecule has 1 aliphatic heterocycles. The molecule has 0 bridgehead atoms. The maximum absolute atomic E-state index is 10.4. The summed E-state index contributed by atoms with van der Waals surface area (Å²) in [6, 6.07) is 7.30. The van der Waals surface area contributed by atoms with E-state index >= 15 is 0 Å². The SMILES string of the molecule is N#Cc1ccc(N2CCCCC2)c(N=C=O)c1. The van der Waals surface area contributed by atoms with Gasteiger partial charge in [0.25, 0.3) is 0 Å². The van der Waals surface area contributed by atoms with Crippen molar-refractivity contribution in [1.29, 1.82) is 5.26 Å². The fraction of sp³-hybridized carbons (Fsp3) is 0.385. The number of aliphatic imine (C=N–C) groups is 1. The predicted octanol–water partition coefficient (Wildman–Crippen LogP) is 2.52. The van der Waals surface area contributed by atoms with Crippen molar-refractivity contribution in [1.82, 2.24) is 0 Å². The summed E-state index contributed by atoms with van der Waals surface area (Å²) < 4.78 is 0. The number of hydrogen-bond acceptors (Lipinski definition) is 4. The molecule has 86 valence electrons. The smallest absolute Gasteiger partial charge is 0.240 e. The lowest BCUT2D eigenvalue weighted by atomic mass is 10.1. The third-order valence-corrected chi connectivity index (χ3v) is 2.97. The number of nitrogens with zero attached hydrogens (tertiary/aromatic N) is 3. The van der Waals surface area contributed by atoms with Gasteiger partial charge in [0.05, 0.1) is 17.3 Å². The Hall–Kier alpha value is -2.11. The van der Waals surface area contributed by atoms with E-state index in [0.29, 0.717) is 11.3 Å². The Bertz CT molecular complexity index is 492. The van der Waals surface area contributed by atoms with Gasteiger partial charge in [0, 0.05) is 13.1 Å². The Morgan fingerprint density at radius 1 is 1.24 bits per heavy atom. The Morgan fingerprint density at radius 2 is 2.00 bits per heavy atom. The maximum atomic E-state index is 10.4. The molecular weight excluding hydrogens is 214 g/mol. The third-order valence-electron chi connectivity index (χ3n) is 2.97. The number of isocyanates is 1. The van der Waals surface area contributed by atoms with E-state index in [0.717, 1.165) is 31.6 Å². The number of benzene rings is 1. The van der Waals surface area contributed by atoms with Crippen LogP contribution in [-0.4, -0.2) is 19.2 Å². The van der Waals surface area contributed by atoms with Crippen LogP contribution in [0.3, 0.4) is 0 Å². The molecule has 17 heavy (non-hydrogen) atoms. The van der Waals surface area contributed by atoms with Crippen LogP contribution in [0.2, 0.25) is 0 Å². The highest BCUT2D eigenvalue weighted by atomic mass is 16.1. The highest BCUT2D eigenvalue weighted by Crippen LogP contribution is 2.31. The highest BCUT2D eigenvalue weighted by Gasteiger charge is 2.14. The van der Waals surface area contributed by atoms with E-state index < -0.39 is 0 Å². The van der Waals surface area contributed by atoms with Crippen LogP contribution in [0.4, 0.5) is 11.4 Å². The Labute approximate surface area is 100 Å². The average Bonchev–Trinajstić information content (AvgIpc) is 2.40. The molecule has 0 radical (unpaired) electrons. The van der Waals surface area contributed by atoms with E-state index in [9.17, 15) is 4.79 Å². The van der Waals surface area contributed by atoms with Crippen LogP contribution in [0.15, 0.2) is 23.2 Å². The fourth-order valence-corrected chi connectivity index (χ4v) is 2.13. The minimum absolute atomic E-state index is 0.514. The van der Waals surface area contributed by atoms with Crippen LogP contribution >= 0.6 is 0 Å². The topological polar surface area (TPSA) is 56.5 Å². The quantitative estimate of drug-likeness (QED) is 0.576. The largest absolute Gasteiger partial charge is 0.370 e. The van der Waals surface area contributed by atoms with Gasteiger partial charge < -0.3 is 4.90 Å². The first-order chi connectivity index (χ1) is 8.35. The van der Waals surface area contributed by atoms with Crippen molar-refractivity contribution in [2.24, 2.45) is 4.99 Å². The average molecular weight is 227 g/mol. The molecule has 0 spiro atoms. The lowest BCUT2D eigenvalue weighted by molar-refractivity contribution is 0.565. The van der Waals surface area contributed by atoms with Crippen molar-refractivity contribution >= 4 is 17.5 Å². The summed E-state index contributed by atoms with van der Waals surface area (Å²) in [7, 11) is 0. The molecule has 4 nitrogen and oxygen atoms in total. The molecule has 0 aliphatic carbocycles. The number of anilines is 1. The number of carbonyl (C=O) groups excluding carboxylic acids is 1. The van der Waals surface area contributed by atoms with Gasteiger partial charge in [-0.05, 0) is 37.5 Å². The Kier molecular flexibility index (Phi) is 3.54. The van der Waals surface area contributed by atoms with Gasteiger partial charge in [-0.1, -0.05) is 0 Å².